The molecule has 0 N–H and O–H groups in total. The zero-order chi connectivity index (χ0) is 10.5. The van der Waals surface area contributed by atoms with E-state index in [0.717, 1.165) is 19.6 Å². The Labute approximate surface area is 80.1 Å². The first-order valence-corrected chi connectivity index (χ1v) is 4.19. The van der Waals surface area contributed by atoms with E-state index in [1.165, 1.54) is 24.7 Å². The van der Waals surface area contributed by atoms with Crippen LogP contribution in [0.25, 0.3) is 0 Å². The SMILES string of the molecule is C1CCOC1.CC#N.CN(C)C=O. The summed E-state index contributed by atoms with van der Waals surface area (Å²) in [5.41, 5.74) is 0. The van der Waals surface area contributed by atoms with E-state index in [1.54, 1.807) is 20.2 Å². The molecule has 4 nitrogen and oxygen atoms in total. The van der Waals surface area contributed by atoms with E-state index in [4.69, 9.17) is 10.00 Å². The highest BCUT2D eigenvalue weighted by Gasteiger charge is 1.94. The molecule has 4 heteroatoms. The fraction of sp³-hybridized carbons (Fsp3) is 0.778. The summed E-state index contributed by atoms with van der Waals surface area (Å²) < 4.78 is 4.94. The molecule has 1 saturated heterocycles. The van der Waals surface area contributed by atoms with Crippen molar-refractivity contribution in [3.05, 3.63) is 0 Å². The van der Waals surface area contributed by atoms with Gasteiger partial charge in [-0.15, -0.1) is 0 Å². The molecule has 1 rings (SSSR count). The van der Waals surface area contributed by atoms with Crippen LogP contribution < -0.4 is 0 Å². The number of rotatable bonds is 1. The Morgan fingerprint density at radius 3 is 1.77 bits per heavy atom. The molecule has 0 radical (unpaired) electrons. The van der Waals surface area contributed by atoms with Crippen LogP contribution in [0.2, 0.25) is 0 Å². The molecule has 0 spiro atoms. The number of amides is 1. The Morgan fingerprint density at radius 1 is 1.38 bits per heavy atom. The van der Waals surface area contributed by atoms with Crippen LogP contribution in [0.1, 0.15) is 19.8 Å². The number of carbonyl (C=O) groups excluding carboxylic acids is 1. The zero-order valence-corrected chi connectivity index (χ0v) is 8.62. The summed E-state index contributed by atoms with van der Waals surface area (Å²) in [7, 11) is 3.38. The Bertz CT molecular complexity index is 129. The van der Waals surface area contributed by atoms with Crippen molar-refractivity contribution in [2.75, 3.05) is 27.3 Å². The van der Waals surface area contributed by atoms with Gasteiger partial charge >= 0.3 is 0 Å². The minimum atomic E-state index is 0.750. The summed E-state index contributed by atoms with van der Waals surface area (Å²) in [6.45, 7) is 3.43. The average molecular weight is 186 g/mol. The lowest BCUT2D eigenvalue weighted by molar-refractivity contribution is -0.115. The minimum absolute atomic E-state index is 0.750. The van der Waals surface area contributed by atoms with Crippen molar-refractivity contribution in [1.29, 1.82) is 5.26 Å². The maximum Gasteiger partial charge on any atom is 0.209 e. The van der Waals surface area contributed by atoms with Gasteiger partial charge in [-0.25, -0.2) is 0 Å². The molecule has 76 valence electrons. The Morgan fingerprint density at radius 2 is 1.69 bits per heavy atom. The van der Waals surface area contributed by atoms with Gasteiger partial charge in [0, 0.05) is 34.2 Å². The van der Waals surface area contributed by atoms with Gasteiger partial charge in [0.2, 0.25) is 6.41 Å². The average Bonchev–Trinajstić information content (AvgIpc) is 2.62. The largest absolute Gasteiger partial charge is 0.381 e. The Kier molecular flexibility index (Phi) is 15.0. The smallest absolute Gasteiger partial charge is 0.209 e. The van der Waals surface area contributed by atoms with E-state index < -0.39 is 0 Å². The van der Waals surface area contributed by atoms with Crippen molar-refractivity contribution < 1.29 is 9.53 Å². The molecule has 1 aliphatic rings. The van der Waals surface area contributed by atoms with Gasteiger partial charge in [0.25, 0.3) is 0 Å². The standard InChI is InChI=1S/C4H8O.C3H7NO.C2H3N/c1-2-4-5-3-1;1-4(2)3-5;1-2-3/h1-4H2;3H,1-2H3;1H3. The summed E-state index contributed by atoms with van der Waals surface area (Å²) in [4.78, 5) is 10.9. The molecule has 0 aliphatic carbocycles. The maximum atomic E-state index is 9.43. The summed E-state index contributed by atoms with van der Waals surface area (Å²) in [6.07, 6.45) is 3.31. The second kappa shape index (κ2) is 13.5. The van der Waals surface area contributed by atoms with Crippen LogP contribution in [0.3, 0.4) is 0 Å². The van der Waals surface area contributed by atoms with Gasteiger partial charge in [-0.1, -0.05) is 0 Å². The Balaban J connectivity index is 0. The van der Waals surface area contributed by atoms with E-state index in [9.17, 15) is 4.79 Å². The quantitative estimate of drug-likeness (QED) is 0.575. The molecule has 0 aromatic heterocycles. The predicted molar refractivity (Wildman–Crippen MR) is 51.1 cm³/mol. The first-order chi connectivity index (χ1) is 6.18. The van der Waals surface area contributed by atoms with Gasteiger partial charge in [0.15, 0.2) is 0 Å². The molecule has 1 heterocycles. The minimum Gasteiger partial charge on any atom is -0.381 e. The summed E-state index contributed by atoms with van der Waals surface area (Å²) in [5.74, 6) is 0. The molecule has 0 unspecified atom stereocenters. The number of hydrogen-bond acceptors (Lipinski definition) is 3. The number of nitriles is 1. The van der Waals surface area contributed by atoms with Gasteiger partial charge in [-0.05, 0) is 12.8 Å². The molecule has 1 amide bonds. The van der Waals surface area contributed by atoms with Crippen molar-refractivity contribution in [3.8, 4) is 6.07 Å². The highest BCUT2D eigenvalue weighted by molar-refractivity contribution is 5.45. The summed E-state index contributed by atoms with van der Waals surface area (Å²) in [5, 5.41) is 7.32. The fourth-order valence-corrected chi connectivity index (χ4v) is 0.510. The Hall–Kier alpha value is -1.08. The number of hydrogen-bond donors (Lipinski definition) is 0. The monoisotopic (exact) mass is 186 g/mol. The van der Waals surface area contributed by atoms with Crippen LogP contribution >= 0.6 is 0 Å². The second-order valence-corrected chi connectivity index (χ2v) is 2.61. The lowest BCUT2D eigenvalue weighted by Crippen LogP contribution is -2.06. The summed E-state index contributed by atoms with van der Waals surface area (Å²) >= 11 is 0. The van der Waals surface area contributed by atoms with Gasteiger partial charge in [0.05, 0.1) is 6.07 Å². The number of carbonyl (C=O) groups is 1. The molecule has 0 aromatic carbocycles. The molecular formula is C9H18N2O2. The van der Waals surface area contributed by atoms with Crippen molar-refractivity contribution in [2.45, 2.75) is 19.8 Å². The number of ether oxygens (including phenoxy) is 1. The number of nitrogens with zero attached hydrogens (tertiary/aromatic N) is 2. The molecule has 0 saturated carbocycles. The summed E-state index contributed by atoms with van der Waals surface area (Å²) in [6, 6.07) is 1.75. The first kappa shape index (κ1) is 14.4. The maximum absolute atomic E-state index is 9.43. The van der Waals surface area contributed by atoms with E-state index in [0.29, 0.717) is 0 Å². The fourth-order valence-electron chi connectivity index (χ4n) is 0.510. The van der Waals surface area contributed by atoms with Crippen LogP contribution in [0.15, 0.2) is 0 Å². The van der Waals surface area contributed by atoms with Crippen LogP contribution in [0.5, 0.6) is 0 Å². The predicted octanol–water partition coefficient (Wildman–Crippen LogP) is 1.03. The molecular weight excluding hydrogens is 168 g/mol. The van der Waals surface area contributed by atoms with Gasteiger partial charge in [-0.2, -0.15) is 5.26 Å². The van der Waals surface area contributed by atoms with Crippen LogP contribution in [0.4, 0.5) is 0 Å². The van der Waals surface area contributed by atoms with Crippen molar-refractivity contribution >= 4 is 6.41 Å². The third-order valence-corrected chi connectivity index (χ3v) is 1.04. The first-order valence-electron chi connectivity index (χ1n) is 4.19. The molecule has 13 heavy (non-hydrogen) atoms. The molecule has 0 bridgehead atoms. The molecule has 1 fully saturated rings. The van der Waals surface area contributed by atoms with E-state index >= 15 is 0 Å². The highest BCUT2D eigenvalue weighted by Crippen LogP contribution is 1.98. The molecule has 0 aromatic rings. The van der Waals surface area contributed by atoms with Crippen LogP contribution in [-0.4, -0.2) is 38.6 Å². The zero-order valence-electron chi connectivity index (χ0n) is 8.62. The second-order valence-electron chi connectivity index (χ2n) is 2.61. The van der Waals surface area contributed by atoms with Crippen molar-refractivity contribution in [1.82, 2.24) is 4.90 Å². The highest BCUT2D eigenvalue weighted by atomic mass is 16.5. The van der Waals surface area contributed by atoms with E-state index in [2.05, 4.69) is 0 Å². The van der Waals surface area contributed by atoms with Crippen LogP contribution in [-0.2, 0) is 9.53 Å². The third kappa shape index (κ3) is 24.8. The van der Waals surface area contributed by atoms with Gasteiger partial charge in [-0.3, -0.25) is 4.79 Å². The molecule has 0 atom stereocenters. The van der Waals surface area contributed by atoms with Crippen molar-refractivity contribution in [2.24, 2.45) is 0 Å². The van der Waals surface area contributed by atoms with Crippen LogP contribution in [0, 0.1) is 11.3 Å². The van der Waals surface area contributed by atoms with Crippen molar-refractivity contribution in [3.63, 3.8) is 0 Å². The van der Waals surface area contributed by atoms with Gasteiger partial charge < -0.3 is 9.64 Å². The van der Waals surface area contributed by atoms with E-state index in [-0.39, 0.29) is 0 Å². The lowest BCUT2D eigenvalue weighted by Gasteiger charge is -1.93. The third-order valence-electron chi connectivity index (χ3n) is 1.04. The lowest BCUT2D eigenvalue weighted by atomic mass is 10.4. The topological polar surface area (TPSA) is 53.3 Å². The van der Waals surface area contributed by atoms with Gasteiger partial charge in [0.1, 0.15) is 0 Å². The normalized spacial score (nSPS) is 12.5. The van der Waals surface area contributed by atoms with E-state index in [1.807, 2.05) is 0 Å². The molecule has 1 aliphatic heterocycles.